The number of carboxylic acids is 1. The van der Waals surface area contributed by atoms with E-state index < -0.39 is 22.7 Å². The summed E-state index contributed by atoms with van der Waals surface area (Å²) in [5, 5.41) is 21.9. The standard InChI is InChI=1S/C16H21NO4/c1-15(2)10(8-9-16(15,3)14(20)21)13(19)17-11-6-4-5-7-12(11)18/h4-7,10,18H,8-9H2,1-3H3,(H,17,19)(H,20,21)/t10-,16-/m0/s1. The molecular formula is C16H21NO4. The molecule has 5 heteroatoms. The molecule has 5 nitrogen and oxygen atoms in total. The van der Waals surface area contributed by atoms with Crippen LogP contribution in [0.1, 0.15) is 33.6 Å². The molecular weight excluding hydrogens is 270 g/mol. The van der Waals surface area contributed by atoms with E-state index in [1.807, 2.05) is 13.8 Å². The summed E-state index contributed by atoms with van der Waals surface area (Å²) < 4.78 is 0. The molecule has 21 heavy (non-hydrogen) atoms. The molecule has 0 saturated heterocycles. The molecule has 0 heterocycles. The molecule has 1 fully saturated rings. The third-order valence-corrected chi connectivity index (χ3v) is 5.18. The fourth-order valence-corrected chi connectivity index (χ4v) is 3.14. The molecule has 114 valence electrons. The van der Waals surface area contributed by atoms with Crippen LogP contribution in [-0.4, -0.2) is 22.1 Å². The zero-order valence-electron chi connectivity index (χ0n) is 12.5. The van der Waals surface area contributed by atoms with Crippen molar-refractivity contribution in [2.75, 3.05) is 5.32 Å². The number of rotatable bonds is 3. The van der Waals surface area contributed by atoms with Crippen LogP contribution in [0.4, 0.5) is 5.69 Å². The van der Waals surface area contributed by atoms with Gasteiger partial charge in [-0.3, -0.25) is 9.59 Å². The van der Waals surface area contributed by atoms with Gasteiger partial charge in [0, 0.05) is 5.92 Å². The number of carbonyl (C=O) groups is 2. The number of carbonyl (C=O) groups excluding carboxylic acids is 1. The summed E-state index contributed by atoms with van der Waals surface area (Å²) in [4.78, 5) is 24.0. The average molecular weight is 291 g/mol. The Balaban J connectivity index is 2.22. The quantitative estimate of drug-likeness (QED) is 0.747. The third kappa shape index (κ3) is 2.37. The summed E-state index contributed by atoms with van der Waals surface area (Å²) in [5.41, 5.74) is -1.23. The van der Waals surface area contributed by atoms with Crippen LogP contribution in [0.15, 0.2) is 24.3 Å². The predicted octanol–water partition coefficient (Wildman–Crippen LogP) is 2.86. The van der Waals surface area contributed by atoms with Gasteiger partial charge >= 0.3 is 5.97 Å². The van der Waals surface area contributed by atoms with Crippen LogP contribution in [0.25, 0.3) is 0 Å². The minimum atomic E-state index is -0.923. The van der Waals surface area contributed by atoms with Crippen LogP contribution < -0.4 is 5.32 Å². The van der Waals surface area contributed by atoms with Crippen LogP contribution in [0.3, 0.4) is 0 Å². The Labute approximate surface area is 124 Å². The highest BCUT2D eigenvalue weighted by Gasteiger charge is 2.58. The Morgan fingerprint density at radius 1 is 1.24 bits per heavy atom. The summed E-state index contributed by atoms with van der Waals surface area (Å²) in [6.07, 6.45) is 0.990. The zero-order chi connectivity index (χ0) is 15.8. The van der Waals surface area contributed by atoms with Gasteiger partial charge in [0.05, 0.1) is 11.1 Å². The molecule has 3 N–H and O–H groups in total. The molecule has 0 aliphatic heterocycles. The molecule has 1 aromatic rings. The van der Waals surface area contributed by atoms with Gasteiger partial charge in [-0.15, -0.1) is 0 Å². The van der Waals surface area contributed by atoms with E-state index in [-0.39, 0.29) is 11.7 Å². The van der Waals surface area contributed by atoms with Gasteiger partial charge in [-0.05, 0) is 37.3 Å². The van der Waals surface area contributed by atoms with Gasteiger partial charge in [0.15, 0.2) is 0 Å². The lowest BCUT2D eigenvalue weighted by molar-refractivity contribution is -0.154. The highest BCUT2D eigenvalue weighted by molar-refractivity contribution is 5.95. The lowest BCUT2D eigenvalue weighted by Gasteiger charge is -2.37. The van der Waals surface area contributed by atoms with E-state index in [4.69, 9.17) is 0 Å². The summed E-state index contributed by atoms with van der Waals surface area (Å²) >= 11 is 0. The molecule has 1 amide bonds. The van der Waals surface area contributed by atoms with E-state index >= 15 is 0 Å². The Morgan fingerprint density at radius 3 is 2.38 bits per heavy atom. The fraction of sp³-hybridized carbons (Fsp3) is 0.500. The smallest absolute Gasteiger partial charge is 0.309 e. The molecule has 2 rings (SSSR count). The number of nitrogens with one attached hydrogen (secondary N) is 1. The number of amides is 1. The molecule has 0 spiro atoms. The molecule has 0 radical (unpaired) electrons. The van der Waals surface area contributed by atoms with Crippen LogP contribution >= 0.6 is 0 Å². The highest BCUT2D eigenvalue weighted by Crippen LogP contribution is 2.56. The van der Waals surface area contributed by atoms with Crippen LogP contribution in [0, 0.1) is 16.7 Å². The molecule has 0 bridgehead atoms. The van der Waals surface area contributed by atoms with Crippen molar-refractivity contribution in [3.05, 3.63) is 24.3 Å². The number of hydrogen-bond acceptors (Lipinski definition) is 3. The molecule has 1 aliphatic rings. The maximum Gasteiger partial charge on any atom is 0.309 e. The second kappa shape index (κ2) is 5.06. The van der Waals surface area contributed by atoms with E-state index in [1.165, 1.54) is 6.07 Å². The van der Waals surface area contributed by atoms with Crippen LogP contribution in [0.5, 0.6) is 5.75 Å². The summed E-state index contributed by atoms with van der Waals surface area (Å²) in [7, 11) is 0. The number of carboxylic acid groups (broad SMARTS) is 1. The third-order valence-electron chi connectivity index (χ3n) is 5.18. The largest absolute Gasteiger partial charge is 0.506 e. The molecule has 1 aliphatic carbocycles. The van der Waals surface area contributed by atoms with Crippen LogP contribution in [-0.2, 0) is 9.59 Å². The van der Waals surface area contributed by atoms with Gasteiger partial charge in [0.2, 0.25) is 5.91 Å². The fourth-order valence-electron chi connectivity index (χ4n) is 3.14. The van der Waals surface area contributed by atoms with Gasteiger partial charge < -0.3 is 15.5 Å². The SMILES string of the molecule is CC1(C)[C@H](C(=O)Nc2ccccc2O)CC[C@@]1(C)C(=O)O. The van der Waals surface area contributed by atoms with Crippen molar-refractivity contribution in [2.45, 2.75) is 33.6 Å². The van der Waals surface area contributed by atoms with Crippen LogP contribution in [0.2, 0.25) is 0 Å². The van der Waals surface area contributed by atoms with Gasteiger partial charge in [0.1, 0.15) is 5.75 Å². The van der Waals surface area contributed by atoms with Crippen molar-refractivity contribution in [1.82, 2.24) is 0 Å². The topological polar surface area (TPSA) is 86.6 Å². The Bertz CT molecular complexity index is 581. The van der Waals surface area contributed by atoms with Crippen molar-refractivity contribution < 1.29 is 19.8 Å². The van der Waals surface area contributed by atoms with E-state index in [1.54, 1.807) is 25.1 Å². The number of aromatic hydroxyl groups is 1. The van der Waals surface area contributed by atoms with E-state index in [9.17, 15) is 19.8 Å². The first-order valence-corrected chi connectivity index (χ1v) is 7.02. The normalized spacial score (nSPS) is 27.3. The first kappa shape index (κ1) is 15.4. The predicted molar refractivity (Wildman–Crippen MR) is 79.0 cm³/mol. The molecule has 2 atom stereocenters. The van der Waals surface area contributed by atoms with E-state index in [2.05, 4.69) is 5.32 Å². The Morgan fingerprint density at radius 2 is 1.86 bits per heavy atom. The van der Waals surface area contributed by atoms with Crippen molar-refractivity contribution in [3.8, 4) is 5.75 Å². The van der Waals surface area contributed by atoms with E-state index in [0.717, 1.165) is 0 Å². The monoisotopic (exact) mass is 291 g/mol. The van der Waals surface area contributed by atoms with Gasteiger partial charge in [-0.1, -0.05) is 26.0 Å². The molecule has 1 aromatic carbocycles. The molecule has 0 unspecified atom stereocenters. The lowest BCUT2D eigenvalue weighted by atomic mass is 9.65. The number of aliphatic carboxylic acids is 1. The number of phenols is 1. The second-order valence-electron chi connectivity index (χ2n) is 6.46. The summed E-state index contributed by atoms with van der Waals surface area (Å²) in [5.74, 6) is -1.52. The Hall–Kier alpha value is -2.04. The summed E-state index contributed by atoms with van der Waals surface area (Å²) in [6, 6.07) is 6.50. The first-order chi connectivity index (χ1) is 9.70. The average Bonchev–Trinajstić information content (AvgIpc) is 2.64. The number of hydrogen-bond donors (Lipinski definition) is 3. The van der Waals surface area contributed by atoms with Gasteiger partial charge in [-0.2, -0.15) is 0 Å². The van der Waals surface area contributed by atoms with Crippen molar-refractivity contribution in [1.29, 1.82) is 0 Å². The molecule has 0 aromatic heterocycles. The number of anilines is 1. The van der Waals surface area contributed by atoms with Gasteiger partial charge in [0.25, 0.3) is 0 Å². The first-order valence-electron chi connectivity index (χ1n) is 7.02. The van der Waals surface area contributed by atoms with Crippen molar-refractivity contribution in [3.63, 3.8) is 0 Å². The highest BCUT2D eigenvalue weighted by atomic mass is 16.4. The minimum absolute atomic E-state index is 0.00245. The lowest BCUT2D eigenvalue weighted by Crippen LogP contribution is -2.43. The number of phenolic OH excluding ortho intramolecular Hbond substituents is 1. The van der Waals surface area contributed by atoms with Crippen molar-refractivity contribution >= 4 is 17.6 Å². The summed E-state index contributed by atoms with van der Waals surface area (Å²) in [6.45, 7) is 5.34. The maximum atomic E-state index is 12.5. The van der Waals surface area contributed by atoms with Crippen molar-refractivity contribution in [2.24, 2.45) is 16.7 Å². The molecule has 1 saturated carbocycles. The minimum Gasteiger partial charge on any atom is -0.506 e. The maximum absolute atomic E-state index is 12.5. The van der Waals surface area contributed by atoms with Gasteiger partial charge in [-0.25, -0.2) is 0 Å². The number of benzene rings is 1. The zero-order valence-corrected chi connectivity index (χ0v) is 12.5. The second-order valence-corrected chi connectivity index (χ2v) is 6.46. The number of para-hydroxylation sites is 2. The van der Waals surface area contributed by atoms with E-state index in [0.29, 0.717) is 18.5 Å². The Kier molecular flexibility index (Phi) is 3.70.